The lowest BCUT2D eigenvalue weighted by Gasteiger charge is -2.08. The van der Waals surface area contributed by atoms with Gasteiger partial charge in [0.25, 0.3) is 0 Å². The summed E-state index contributed by atoms with van der Waals surface area (Å²) < 4.78 is 0. The lowest BCUT2D eigenvalue weighted by atomic mass is 10.1. The average Bonchev–Trinajstić information content (AvgIpc) is 2.45. The van der Waals surface area contributed by atoms with Gasteiger partial charge < -0.3 is 11.1 Å². The lowest BCUT2D eigenvalue weighted by molar-refractivity contribution is 0.965. The molecule has 0 spiro atoms. The van der Waals surface area contributed by atoms with E-state index in [1.54, 1.807) is 0 Å². The Labute approximate surface area is 130 Å². The first-order valence-corrected chi connectivity index (χ1v) is 7.31. The van der Waals surface area contributed by atoms with Crippen LogP contribution >= 0.6 is 11.6 Å². The van der Waals surface area contributed by atoms with E-state index in [2.05, 4.69) is 36.3 Å². The highest BCUT2D eigenvalue weighted by Crippen LogP contribution is 2.14. The first kappa shape index (κ1) is 15.4. The number of benzene rings is 2. The van der Waals surface area contributed by atoms with E-state index < -0.39 is 0 Å². The van der Waals surface area contributed by atoms with Crippen molar-refractivity contribution in [1.29, 1.82) is 0 Å². The Kier molecular flexibility index (Phi) is 5.23. The zero-order chi connectivity index (χ0) is 15.2. The first-order chi connectivity index (χ1) is 10.0. The standard InChI is InChI=1S/C17H20ClN3/c1-12-3-8-16(11-13(12)2)21-17(19)20-10-9-14-4-6-15(18)7-5-14/h3-8,11H,9-10H2,1-2H3,(H3,19,20,21). The number of nitrogens with two attached hydrogens (primary N) is 1. The van der Waals surface area contributed by atoms with Crippen LogP contribution in [0.15, 0.2) is 47.5 Å². The predicted octanol–water partition coefficient (Wildman–Crippen LogP) is 3.93. The maximum absolute atomic E-state index is 5.90. The van der Waals surface area contributed by atoms with Crippen LogP contribution in [0.2, 0.25) is 5.02 Å². The number of guanidine groups is 1. The van der Waals surface area contributed by atoms with Crippen molar-refractivity contribution in [2.24, 2.45) is 10.7 Å². The maximum atomic E-state index is 5.90. The highest BCUT2D eigenvalue weighted by Gasteiger charge is 1.98. The fourth-order valence-corrected chi connectivity index (χ4v) is 2.09. The van der Waals surface area contributed by atoms with Crippen LogP contribution < -0.4 is 11.1 Å². The van der Waals surface area contributed by atoms with Crippen molar-refractivity contribution >= 4 is 23.2 Å². The molecule has 0 heterocycles. The molecule has 0 saturated carbocycles. The summed E-state index contributed by atoms with van der Waals surface area (Å²) in [6.07, 6.45) is 0.840. The topological polar surface area (TPSA) is 50.4 Å². The molecule has 0 aliphatic rings. The minimum atomic E-state index is 0.437. The molecule has 2 aromatic rings. The second kappa shape index (κ2) is 7.14. The van der Waals surface area contributed by atoms with Crippen molar-refractivity contribution in [3.63, 3.8) is 0 Å². The molecule has 3 N–H and O–H groups in total. The van der Waals surface area contributed by atoms with E-state index in [9.17, 15) is 0 Å². The van der Waals surface area contributed by atoms with Gasteiger partial charge in [-0.3, -0.25) is 4.99 Å². The number of rotatable bonds is 4. The summed E-state index contributed by atoms with van der Waals surface area (Å²) in [6, 6.07) is 13.9. The van der Waals surface area contributed by atoms with Crippen LogP contribution in [0.25, 0.3) is 0 Å². The Bertz CT molecular complexity index is 633. The summed E-state index contributed by atoms with van der Waals surface area (Å²) in [5.41, 5.74) is 10.6. The number of halogens is 1. The smallest absolute Gasteiger partial charge is 0.193 e. The number of hydrogen-bond acceptors (Lipinski definition) is 1. The number of aliphatic imine (C=N–C) groups is 1. The fourth-order valence-electron chi connectivity index (χ4n) is 1.96. The highest BCUT2D eigenvalue weighted by molar-refractivity contribution is 6.30. The summed E-state index contributed by atoms with van der Waals surface area (Å²) in [6.45, 7) is 4.81. The molecule has 2 rings (SSSR count). The summed E-state index contributed by atoms with van der Waals surface area (Å²) in [7, 11) is 0. The molecule has 0 radical (unpaired) electrons. The Hall–Kier alpha value is -2.00. The Morgan fingerprint density at radius 1 is 1.10 bits per heavy atom. The Morgan fingerprint density at radius 2 is 1.81 bits per heavy atom. The molecular weight excluding hydrogens is 282 g/mol. The van der Waals surface area contributed by atoms with Gasteiger partial charge in [-0.2, -0.15) is 0 Å². The molecule has 3 nitrogen and oxygen atoms in total. The van der Waals surface area contributed by atoms with Gasteiger partial charge in [-0.15, -0.1) is 0 Å². The van der Waals surface area contributed by atoms with Crippen molar-refractivity contribution in [2.75, 3.05) is 11.9 Å². The normalized spacial score (nSPS) is 11.5. The third kappa shape index (κ3) is 4.80. The molecule has 0 saturated heterocycles. The second-order valence-corrected chi connectivity index (χ2v) is 5.50. The van der Waals surface area contributed by atoms with Gasteiger partial charge in [0.2, 0.25) is 0 Å². The number of hydrogen-bond donors (Lipinski definition) is 2. The van der Waals surface area contributed by atoms with E-state index in [-0.39, 0.29) is 0 Å². The third-order valence-electron chi connectivity index (χ3n) is 3.38. The molecule has 0 fully saturated rings. The minimum absolute atomic E-state index is 0.437. The van der Waals surface area contributed by atoms with Crippen LogP contribution in [0, 0.1) is 13.8 Å². The molecule has 0 aliphatic heterocycles. The van der Waals surface area contributed by atoms with Crippen LogP contribution in [0.5, 0.6) is 0 Å². The molecule has 0 unspecified atom stereocenters. The van der Waals surface area contributed by atoms with Crippen LogP contribution in [-0.4, -0.2) is 12.5 Å². The predicted molar refractivity (Wildman–Crippen MR) is 91.2 cm³/mol. The van der Waals surface area contributed by atoms with Crippen LogP contribution in [0.3, 0.4) is 0 Å². The summed E-state index contributed by atoms with van der Waals surface area (Å²) >= 11 is 5.85. The molecular formula is C17H20ClN3. The van der Waals surface area contributed by atoms with E-state index in [1.807, 2.05) is 30.3 Å². The zero-order valence-electron chi connectivity index (χ0n) is 12.4. The Morgan fingerprint density at radius 3 is 2.48 bits per heavy atom. The molecule has 0 bridgehead atoms. The monoisotopic (exact) mass is 301 g/mol. The molecule has 0 amide bonds. The van der Waals surface area contributed by atoms with Gasteiger partial charge in [0.05, 0.1) is 0 Å². The number of aryl methyl sites for hydroxylation is 2. The lowest BCUT2D eigenvalue weighted by Crippen LogP contribution is -2.23. The molecule has 2 aromatic carbocycles. The molecule has 21 heavy (non-hydrogen) atoms. The minimum Gasteiger partial charge on any atom is -0.370 e. The van der Waals surface area contributed by atoms with Crippen molar-refractivity contribution in [1.82, 2.24) is 0 Å². The van der Waals surface area contributed by atoms with E-state index >= 15 is 0 Å². The van der Waals surface area contributed by atoms with Gasteiger partial charge in [-0.1, -0.05) is 29.8 Å². The molecule has 110 valence electrons. The maximum Gasteiger partial charge on any atom is 0.193 e. The fraction of sp³-hybridized carbons (Fsp3) is 0.235. The van der Waals surface area contributed by atoms with Gasteiger partial charge in [0.15, 0.2) is 5.96 Å². The summed E-state index contributed by atoms with van der Waals surface area (Å²) in [5.74, 6) is 0.437. The van der Waals surface area contributed by atoms with Gasteiger partial charge >= 0.3 is 0 Å². The van der Waals surface area contributed by atoms with Gasteiger partial charge in [-0.05, 0) is 61.2 Å². The van der Waals surface area contributed by atoms with Crippen molar-refractivity contribution in [2.45, 2.75) is 20.3 Å². The highest BCUT2D eigenvalue weighted by atomic mass is 35.5. The van der Waals surface area contributed by atoms with Crippen LogP contribution in [0.1, 0.15) is 16.7 Å². The van der Waals surface area contributed by atoms with Gasteiger partial charge in [-0.25, -0.2) is 0 Å². The number of nitrogens with zero attached hydrogens (tertiary/aromatic N) is 1. The third-order valence-corrected chi connectivity index (χ3v) is 3.63. The van der Waals surface area contributed by atoms with E-state index in [0.717, 1.165) is 17.1 Å². The summed E-state index contributed by atoms with van der Waals surface area (Å²) in [4.78, 5) is 4.34. The largest absolute Gasteiger partial charge is 0.370 e. The Balaban J connectivity index is 1.89. The first-order valence-electron chi connectivity index (χ1n) is 6.93. The zero-order valence-corrected chi connectivity index (χ0v) is 13.1. The quantitative estimate of drug-likeness (QED) is 0.664. The van der Waals surface area contributed by atoms with Crippen molar-refractivity contribution in [3.8, 4) is 0 Å². The van der Waals surface area contributed by atoms with Crippen LogP contribution in [0.4, 0.5) is 5.69 Å². The molecule has 0 atom stereocenters. The van der Waals surface area contributed by atoms with E-state index in [0.29, 0.717) is 12.5 Å². The molecule has 0 aromatic heterocycles. The van der Waals surface area contributed by atoms with Crippen molar-refractivity contribution in [3.05, 3.63) is 64.2 Å². The van der Waals surface area contributed by atoms with E-state index in [4.69, 9.17) is 17.3 Å². The second-order valence-electron chi connectivity index (χ2n) is 5.07. The molecule has 4 heteroatoms. The van der Waals surface area contributed by atoms with Gasteiger partial charge in [0.1, 0.15) is 0 Å². The van der Waals surface area contributed by atoms with E-state index in [1.165, 1.54) is 16.7 Å². The SMILES string of the molecule is Cc1ccc(NC(N)=NCCc2ccc(Cl)cc2)cc1C. The number of anilines is 1. The number of nitrogens with one attached hydrogen (secondary N) is 1. The molecule has 0 aliphatic carbocycles. The summed E-state index contributed by atoms with van der Waals surface area (Å²) in [5, 5.41) is 3.86. The van der Waals surface area contributed by atoms with Gasteiger partial charge in [0, 0.05) is 17.3 Å². The van der Waals surface area contributed by atoms with Crippen LogP contribution in [-0.2, 0) is 6.42 Å². The van der Waals surface area contributed by atoms with Crippen molar-refractivity contribution < 1.29 is 0 Å². The average molecular weight is 302 g/mol.